The smallest absolute Gasteiger partial charge is 0.0461 e. The van der Waals surface area contributed by atoms with Crippen LogP contribution in [0.5, 0.6) is 0 Å². The lowest BCUT2D eigenvalue weighted by Crippen LogP contribution is -1.91. The first-order valence-electron chi connectivity index (χ1n) is 4.96. The van der Waals surface area contributed by atoms with Crippen LogP contribution in [0, 0.1) is 26.8 Å². The van der Waals surface area contributed by atoms with Gasteiger partial charge in [-0.1, -0.05) is 6.07 Å². The quantitative estimate of drug-likeness (QED) is 0.702. The van der Waals surface area contributed by atoms with E-state index in [0.29, 0.717) is 0 Å². The first-order chi connectivity index (χ1) is 7.16. The van der Waals surface area contributed by atoms with Crippen LogP contribution in [-0.2, 0) is 0 Å². The average molecular weight is 197 g/mol. The number of pyridine rings is 2. The van der Waals surface area contributed by atoms with Gasteiger partial charge in [-0.15, -0.1) is 0 Å². The largest absolute Gasteiger partial charge is 0.261 e. The van der Waals surface area contributed by atoms with Crippen molar-refractivity contribution in [2.24, 2.45) is 0 Å². The standard InChI is InChI=1S/C13H13N2/c1-9-7-12(8-10(2)15-9)13-5-4-6-14-11(13)3/h4-7H,1-3H3. The molecule has 0 fully saturated rings. The van der Waals surface area contributed by atoms with E-state index in [1.165, 1.54) is 0 Å². The third kappa shape index (κ3) is 2.04. The Balaban J connectivity index is 2.59. The summed E-state index contributed by atoms with van der Waals surface area (Å²) >= 11 is 0. The van der Waals surface area contributed by atoms with Gasteiger partial charge in [-0.3, -0.25) is 9.97 Å². The summed E-state index contributed by atoms with van der Waals surface area (Å²) in [4.78, 5) is 8.59. The van der Waals surface area contributed by atoms with E-state index >= 15 is 0 Å². The maximum atomic E-state index is 4.31. The van der Waals surface area contributed by atoms with Crippen LogP contribution in [-0.4, -0.2) is 9.97 Å². The van der Waals surface area contributed by atoms with Crippen molar-refractivity contribution in [1.82, 2.24) is 9.97 Å². The molecule has 0 saturated heterocycles. The summed E-state index contributed by atoms with van der Waals surface area (Å²) in [6.45, 7) is 5.96. The summed E-state index contributed by atoms with van der Waals surface area (Å²) < 4.78 is 0. The number of hydrogen-bond donors (Lipinski definition) is 0. The lowest BCUT2D eigenvalue weighted by molar-refractivity contribution is 1.11. The van der Waals surface area contributed by atoms with Gasteiger partial charge in [0.1, 0.15) is 0 Å². The molecule has 1 radical (unpaired) electrons. The molecule has 75 valence electrons. The predicted molar refractivity (Wildman–Crippen MR) is 60.5 cm³/mol. The van der Waals surface area contributed by atoms with Crippen molar-refractivity contribution in [1.29, 1.82) is 0 Å². The van der Waals surface area contributed by atoms with E-state index in [2.05, 4.69) is 22.1 Å². The minimum Gasteiger partial charge on any atom is -0.261 e. The monoisotopic (exact) mass is 197 g/mol. The van der Waals surface area contributed by atoms with Gasteiger partial charge in [-0.25, -0.2) is 0 Å². The predicted octanol–water partition coefficient (Wildman–Crippen LogP) is 2.87. The van der Waals surface area contributed by atoms with Crippen molar-refractivity contribution < 1.29 is 0 Å². The Hall–Kier alpha value is -1.70. The zero-order chi connectivity index (χ0) is 10.8. The molecule has 0 atom stereocenters. The summed E-state index contributed by atoms with van der Waals surface area (Å²) in [5, 5.41) is 0. The third-order valence-electron chi connectivity index (χ3n) is 2.31. The van der Waals surface area contributed by atoms with Gasteiger partial charge in [0.2, 0.25) is 0 Å². The van der Waals surface area contributed by atoms with Gasteiger partial charge >= 0.3 is 0 Å². The molecule has 2 aromatic rings. The Labute approximate surface area is 90.0 Å². The molecule has 2 rings (SSSR count). The van der Waals surface area contributed by atoms with E-state index in [-0.39, 0.29) is 0 Å². The van der Waals surface area contributed by atoms with Crippen LogP contribution >= 0.6 is 0 Å². The highest BCUT2D eigenvalue weighted by atomic mass is 14.7. The molecule has 0 unspecified atom stereocenters. The van der Waals surface area contributed by atoms with E-state index in [1.807, 2.05) is 32.9 Å². The highest BCUT2D eigenvalue weighted by Gasteiger charge is 2.04. The van der Waals surface area contributed by atoms with Crippen LogP contribution in [0.2, 0.25) is 0 Å². The number of aromatic nitrogens is 2. The second kappa shape index (κ2) is 3.81. The molecule has 0 spiro atoms. The van der Waals surface area contributed by atoms with Crippen molar-refractivity contribution in [3.05, 3.63) is 47.5 Å². The first kappa shape index (κ1) is 9.84. The summed E-state index contributed by atoms with van der Waals surface area (Å²) in [6.07, 6.45) is 1.81. The van der Waals surface area contributed by atoms with Gasteiger partial charge in [0.15, 0.2) is 0 Å². The third-order valence-corrected chi connectivity index (χ3v) is 2.31. The molecule has 2 aromatic heterocycles. The molecule has 0 bridgehead atoms. The van der Waals surface area contributed by atoms with Gasteiger partial charge in [-0.2, -0.15) is 0 Å². The molecule has 2 heteroatoms. The molecule has 0 N–H and O–H groups in total. The fourth-order valence-electron chi connectivity index (χ4n) is 1.68. The summed E-state index contributed by atoms with van der Waals surface area (Å²) in [6, 6.07) is 9.30. The highest BCUT2D eigenvalue weighted by Crippen LogP contribution is 2.21. The van der Waals surface area contributed by atoms with Crippen LogP contribution in [0.3, 0.4) is 0 Å². The van der Waals surface area contributed by atoms with E-state index in [9.17, 15) is 0 Å². The van der Waals surface area contributed by atoms with Crippen LogP contribution in [0.4, 0.5) is 0 Å². The first-order valence-corrected chi connectivity index (χ1v) is 4.96. The van der Waals surface area contributed by atoms with Gasteiger partial charge in [0.25, 0.3) is 0 Å². The highest BCUT2D eigenvalue weighted by molar-refractivity contribution is 5.65. The maximum Gasteiger partial charge on any atom is 0.0461 e. The molecule has 0 aliphatic heterocycles. The Morgan fingerprint density at radius 1 is 1.20 bits per heavy atom. The second-order valence-corrected chi connectivity index (χ2v) is 3.66. The molecular weight excluding hydrogens is 184 g/mol. The van der Waals surface area contributed by atoms with Gasteiger partial charge < -0.3 is 0 Å². The zero-order valence-electron chi connectivity index (χ0n) is 9.20. The van der Waals surface area contributed by atoms with Crippen molar-refractivity contribution in [3.63, 3.8) is 0 Å². The van der Waals surface area contributed by atoms with Crippen LogP contribution < -0.4 is 0 Å². The number of hydrogen-bond acceptors (Lipinski definition) is 2. The zero-order valence-corrected chi connectivity index (χ0v) is 9.20. The maximum absolute atomic E-state index is 4.31. The Bertz CT molecular complexity index is 469. The topological polar surface area (TPSA) is 25.8 Å². The second-order valence-electron chi connectivity index (χ2n) is 3.66. The Morgan fingerprint density at radius 3 is 2.67 bits per heavy atom. The molecule has 0 aliphatic carbocycles. The normalized spacial score (nSPS) is 10.3. The number of rotatable bonds is 1. The van der Waals surface area contributed by atoms with E-state index in [0.717, 1.165) is 28.2 Å². The lowest BCUT2D eigenvalue weighted by atomic mass is 10.0. The molecule has 0 aromatic carbocycles. The molecule has 0 saturated carbocycles. The van der Waals surface area contributed by atoms with Gasteiger partial charge in [-0.05, 0) is 38.5 Å². The molecule has 0 amide bonds. The van der Waals surface area contributed by atoms with Crippen molar-refractivity contribution in [2.75, 3.05) is 0 Å². The van der Waals surface area contributed by atoms with E-state index < -0.39 is 0 Å². The van der Waals surface area contributed by atoms with Gasteiger partial charge in [0.05, 0.1) is 0 Å². The minimum atomic E-state index is 0.924. The summed E-state index contributed by atoms with van der Waals surface area (Å²) in [5.41, 5.74) is 5.17. The van der Waals surface area contributed by atoms with Crippen LogP contribution in [0.25, 0.3) is 11.1 Å². The minimum absolute atomic E-state index is 0.924. The van der Waals surface area contributed by atoms with E-state index in [4.69, 9.17) is 0 Å². The Morgan fingerprint density at radius 2 is 2.00 bits per heavy atom. The van der Waals surface area contributed by atoms with Crippen LogP contribution in [0.1, 0.15) is 17.1 Å². The van der Waals surface area contributed by atoms with Crippen molar-refractivity contribution in [2.45, 2.75) is 20.8 Å². The SMILES string of the molecule is Cc1[c]c(-c2cccnc2C)cc(C)n1. The summed E-state index contributed by atoms with van der Waals surface area (Å²) in [5.74, 6) is 0. The number of aryl methyl sites for hydroxylation is 3. The van der Waals surface area contributed by atoms with Gasteiger partial charge in [0, 0.05) is 34.9 Å². The molecule has 0 aliphatic rings. The lowest BCUT2D eigenvalue weighted by Gasteiger charge is -2.06. The molecule has 15 heavy (non-hydrogen) atoms. The average Bonchev–Trinajstić information content (AvgIpc) is 2.16. The summed E-state index contributed by atoms with van der Waals surface area (Å²) in [7, 11) is 0. The number of nitrogens with zero attached hydrogens (tertiary/aromatic N) is 2. The molecule has 2 nitrogen and oxygen atoms in total. The van der Waals surface area contributed by atoms with Crippen molar-refractivity contribution >= 4 is 0 Å². The molecule has 2 heterocycles. The molecular formula is C13H13N2. The fourth-order valence-corrected chi connectivity index (χ4v) is 1.68. The van der Waals surface area contributed by atoms with Crippen LogP contribution in [0.15, 0.2) is 24.4 Å². The Kier molecular flexibility index (Phi) is 2.50. The fraction of sp³-hybridized carbons (Fsp3) is 0.231. The van der Waals surface area contributed by atoms with Crippen molar-refractivity contribution in [3.8, 4) is 11.1 Å². The van der Waals surface area contributed by atoms with E-state index in [1.54, 1.807) is 6.20 Å².